The van der Waals surface area contributed by atoms with Crippen LogP contribution < -0.4 is 5.73 Å². The van der Waals surface area contributed by atoms with Crippen LogP contribution in [0.4, 0.5) is 5.95 Å². The number of aromatic nitrogens is 2. The molecular formula is C13H16ClN3S. The Morgan fingerprint density at radius 3 is 3.11 bits per heavy atom. The average molecular weight is 282 g/mol. The highest BCUT2D eigenvalue weighted by Crippen LogP contribution is 2.31. The summed E-state index contributed by atoms with van der Waals surface area (Å²) in [4.78, 5) is 4.39. The summed E-state index contributed by atoms with van der Waals surface area (Å²) in [6.45, 7) is 0.913. The molecule has 1 saturated heterocycles. The number of nitrogen functional groups attached to an aromatic ring is 1. The molecule has 3 nitrogen and oxygen atoms in total. The van der Waals surface area contributed by atoms with Gasteiger partial charge in [0, 0.05) is 11.8 Å². The molecule has 96 valence electrons. The minimum atomic E-state index is 0.573. The maximum absolute atomic E-state index is 6.27. The fourth-order valence-electron chi connectivity index (χ4n) is 2.50. The summed E-state index contributed by atoms with van der Waals surface area (Å²) in [5.74, 6) is 1.83. The standard InChI is InChI=1S/C13H16ClN3S/c14-10-5-3-6-11-12(10)17(13(15)16-11)8-9-4-1-2-7-18-9/h3,5-6,9H,1-2,4,7-8H2,(H2,15,16). The molecule has 0 saturated carbocycles. The van der Waals surface area contributed by atoms with Crippen LogP contribution in [-0.2, 0) is 6.54 Å². The van der Waals surface area contributed by atoms with Gasteiger partial charge in [0.2, 0.25) is 5.95 Å². The first-order valence-corrected chi connectivity index (χ1v) is 7.70. The van der Waals surface area contributed by atoms with Crippen molar-refractivity contribution in [2.75, 3.05) is 11.5 Å². The first-order valence-electron chi connectivity index (χ1n) is 6.27. The van der Waals surface area contributed by atoms with Crippen LogP contribution in [0.15, 0.2) is 18.2 Å². The monoisotopic (exact) mass is 281 g/mol. The van der Waals surface area contributed by atoms with Gasteiger partial charge in [0.15, 0.2) is 0 Å². The van der Waals surface area contributed by atoms with Crippen molar-refractivity contribution >= 4 is 40.3 Å². The van der Waals surface area contributed by atoms with Crippen molar-refractivity contribution in [1.29, 1.82) is 0 Å². The van der Waals surface area contributed by atoms with E-state index in [0.29, 0.717) is 11.2 Å². The van der Waals surface area contributed by atoms with E-state index in [2.05, 4.69) is 9.55 Å². The third-order valence-corrected chi connectivity index (χ3v) is 5.09. The minimum absolute atomic E-state index is 0.573. The molecule has 1 aliphatic heterocycles. The van der Waals surface area contributed by atoms with Gasteiger partial charge < -0.3 is 10.3 Å². The van der Waals surface area contributed by atoms with Crippen molar-refractivity contribution in [2.24, 2.45) is 0 Å². The summed E-state index contributed by atoms with van der Waals surface area (Å²) in [6, 6.07) is 5.77. The number of rotatable bonds is 2. The normalized spacial score (nSPS) is 20.4. The smallest absolute Gasteiger partial charge is 0.201 e. The molecule has 1 fully saturated rings. The predicted molar refractivity (Wildman–Crippen MR) is 79.3 cm³/mol. The highest BCUT2D eigenvalue weighted by atomic mass is 35.5. The van der Waals surface area contributed by atoms with E-state index in [1.165, 1.54) is 25.0 Å². The largest absolute Gasteiger partial charge is 0.369 e. The number of para-hydroxylation sites is 1. The van der Waals surface area contributed by atoms with Crippen LogP contribution in [0.2, 0.25) is 5.02 Å². The predicted octanol–water partition coefficient (Wildman–Crippen LogP) is 3.56. The zero-order chi connectivity index (χ0) is 12.5. The summed E-state index contributed by atoms with van der Waals surface area (Å²) in [5, 5.41) is 1.37. The topological polar surface area (TPSA) is 43.8 Å². The molecule has 1 aromatic carbocycles. The van der Waals surface area contributed by atoms with Gasteiger partial charge in [-0.05, 0) is 30.7 Å². The summed E-state index contributed by atoms with van der Waals surface area (Å²) in [5.41, 5.74) is 7.89. The van der Waals surface area contributed by atoms with Crippen LogP contribution >= 0.6 is 23.4 Å². The lowest BCUT2D eigenvalue weighted by Gasteiger charge is -2.22. The molecule has 2 N–H and O–H groups in total. The summed E-state index contributed by atoms with van der Waals surface area (Å²) in [7, 11) is 0. The average Bonchev–Trinajstić information content (AvgIpc) is 2.69. The van der Waals surface area contributed by atoms with Crippen LogP contribution in [0.25, 0.3) is 11.0 Å². The van der Waals surface area contributed by atoms with Gasteiger partial charge in [-0.25, -0.2) is 4.98 Å². The highest BCUT2D eigenvalue weighted by molar-refractivity contribution is 7.99. The van der Waals surface area contributed by atoms with Gasteiger partial charge in [-0.1, -0.05) is 24.1 Å². The second-order valence-corrected chi connectivity index (χ2v) is 6.49. The number of nitrogens with two attached hydrogens (primary N) is 1. The van der Waals surface area contributed by atoms with E-state index in [-0.39, 0.29) is 0 Å². The molecule has 2 aromatic rings. The van der Waals surface area contributed by atoms with Gasteiger partial charge in [0.1, 0.15) is 0 Å². The van der Waals surface area contributed by atoms with E-state index in [4.69, 9.17) is 17.3 Å². The molecule has 0 aliphatic carbocycles. The van der Waals surface area contributed by atoms with Gasteiger partial charge in [-0.15, -0.1) is 0 Å². The quantitative estimate of drug-likeness (QED) is 0.915. The van der Waals surface area contributed by atoms with Crippen molar-refractivity contribution in [1.82, 2.24) is 9.55 Å². The van der Waals surface area contributed by atoms with Crippen LogP contribution in [0.5, 0.6) is 0 Å². The lowest BCUT2D eigenvalue weighted by molar-refractivity contribution is 0.595. The Balaban J connectivity index is 1.97. The number of imidazole rings is 1. The third-order valence-electron chi connectivity index (χ3n) is 3.41. The number of thioether (sulfide) groups is 1. The van der Waals surface area contributed by atoms with Crippen LogP contribution in [-0.4, -0.2) is 20.6 Å². The number of nitrogens with zero attached hydrogens (tertiary/aromatic N) is 2. The second kappa shape index (κ2) is 5.02. The molecule has 2 heterocycles. The molecule has 0 radical (unpaired) electrons. The van der Waals surface area contributed by atoms with Crippen molar-refractivity contribution in [2.45, 2.75) is 31.1 Å². The zero-order valence-electron chi connectivity index (χ0n) is 10.1. The fraction of sp³-hybridized carbons (Fsp3) is 0.462. The first kappa shape index (κ1) is 12.2. The number of halogens is 1. The Labute approximate surface area is 116 Å². The van der Waals surface area contributed by atoms with E-state index in [1.54, 1.807) is 0 Å². The van der Waals surface area contributed by atoms with E-state index in [0.717, 1.165) is 22.6 Å². The van der Waals surface area contributed by atoms with Gasteiger partial charge in [0.25, 0.3) is 0 Å². The van der Waals surface area contributed by atoms with Crippen LogP contribution in [0.1, 0.15) is 19.3 Å². The lowest BCUT2D eigenvalue weighted by Crippen LogP contribution is -2.18. The molecule has 18 heavy (non-hydrogen) atoms. The van der Waals surface area contributed by atoms with Crippen molar-refractivity contribution in [3.05, 3.63) is 23.2 Å². The van der Waals surface area contributed by atoms with Gasteiger partial charge in [0.05, 0.1) is 16.1 Å². The maximum Gasteiger partial charge on any atom is 0.201 e. The summed E-state index contributed by atoms with van der Waals surface area (Å²) < 4.78 is 2.07. The number of fused-ring (bicyclic) bond motifs is 1. The minimum Gasteiger partial charge on any atom is -0.369 e. The number of hydrogen-bond acceptors (Lipinski definition) is 3. The highest BCUT2D eigenvalue weighted by Gasteiger charge is 2.18. The zero-order valence-corrected chi connectivity index (χ0v) is 11.7. The van der Waals surface area contributed by atoms with Gasteiger partial charge in [-0.2, -0.15) is 11.8 Å². The van der Waals surface area contributed by atoms with Crippen LogP contribution in [0, 0.1) is 0 Å². The Bertz CT molecular complexity index is 561. The Hall–Kier alpha value is -0.870. The molecular weight excluding hydrogens is 266 g/mol. The fourth-order valence-corrected chi connectivity index (χ4v) is 4.06. The van der Waals surface area contributed by atoms with Crippen molar-refractivity contribution in [3.63, 3.8) is 0 Å². The molecule has 1 aromatic heterocycles. The van der Waals surface area contributed by atoms with E-state index < -0.39 is 0 Å². The van der Waals surface area contributed by atoms with Crippen molar-refractivity contribution < 1.29 is 0 Å². The second-order valence-electron chi connectivity index (χ2n) is 4.68. The number of benzene rings is 1. The van der Waals surface area contributed by atoms with Crippen LogP contribution in [0.3, 0.4) is 0 Å². The molecule has 1 aliphatic rings. The van der Waals surface area contributed by atoms with E-state index >= 15 is 0 Å². The van der Waals surface area contributed by atoms with Gasteiger partial charge >= 0.3 is 0 Å². The summed E-state index contributed by atoms with van der Waals surface area (Å²) in [6.07, 6.45) is 3.91. The third kappa shape index (κ3) is 2.19. The SMILES string of the molecule is Nc1nc2cccc(Cl)c2n1CC1CCCCS1. The van der Waals surface area contributed by atoms with Gasteiger partial charge in [-0.3, -0.25) is 0 Å². The number of hydrogen-bond donors (Lipinski definition) is 1. The molecule has 5 heteroatoms. The Kier molecular flexibility index (Phi) is 3.39. The Morgan fingerprint density at radius 2 is 2.33 bits per heavy atom. The summed E-state index contributed by atoms with van der Waals surface area (Å²) >= 11 is 8.31. The van der Waals surface area contributed by atoms with E-state index in [1.807, 2.05) is 30.0 Å². The molecule has 1 atom stereocenters. The molecule has 3 rings (SSSR count). The van der Waals surface area contributed by atoms with Crippen molar-refractivity contribution in [3.8, 4) is 0 Å². The molecule has 1 unspecified atom stereocenters. The molecule has 0 bridgehead atoms. The molecule has 0 amide bonds. The van der Waals surface area contributed by atoms with E-state index in [9.17, 15) is 0 Å². The number of anilines is 1. The lowest BCUT2D eigenvalue weighted by atomic mass is 10.2. The first-order chi connectivity index (χ1) is 8.75. The Morgan fingerprint density at radius 1 is 1.44 bits per heavy atom. The molecule has 0 spiro atoms. The maximum atomic E-state index is 6.27.